The summed E-state index contributed by atoms with van der Waals surface area (Å²) in [5, 5.41) is 2.43. The van der Waals surface area contributed by atoms with Gasteiger partial charge >= 0.3 is 132 Å². The van der Waals surface area contributed by atoms with Gasteiger partial charge in [0.1, 0.15) is 0 Å². The van der Waals surface area contributed by atoms with Crippen LogP contribution in [0.1, 0.15) is 11.1 Å². The maximum absolute atomic E-state index is 5.17. The van der Waals surface area contributed by atoms with Gasteiger partial charge in [0, 0.05) is 0 Å². The van der Waals surface area contributed by atoms with E-state index in [0.29, 0.717) is 26.3 Å². The molecule has 0 aliphatic carbocycles. The molecular formula is C16H18O2Se2. The Balaban J connectivity index is 1.72. The Morgan fingerprint density at radius 2 is 1.00 bits per heavy atom. The van der Waals surface area contributed by atoms with Gasteiger partial charge in [-0.3, -0.25) is 0 Å². The summed E-state index contributed by atoms with van der Waals surface area (Å²) in [7, 11) is 3.41. The van der Waals surface area contributed by atoms with E-state index in [1.165, 1.54) is 21.8 Å². The van der Waals surface area contributed by atoms with Gasteiger partial charge in [0.25, 0.3) is 0 Å². The molecule has 0 unspecified atom stereocenters. The van der Waals surface area contributed by atoms with Crippen LogP contribution in [0, 0.1) is 0 Å². The van der Waals surface area contributed by atoms with Crippen molar-refractivity contribution in [3.63, 3.8) is 0 Å². The van der Waals surface area contributed by atoms with Gasteiger partial charge in [-0.1, -0.05) is 0 Å². The zero-order valence-corrected chi connectivity index (χ0v) is 15.1. The Labute approximate surface area is 131 Å². The van der Waals surface area contributed by atoms with E-state index in [9.17, 15) is 0 Å². The van der Waals surface area contributed by atoms with Crippen molar-refractivity contribution in [3.05, 3.63) is 59.7 Å². The van der Waals surface area contributed by atoms with E-state index < -0.39 is 0 Å². The molecule has 4 heteroatoms. The van der Waals surface area contributed by atoms with Crippen molar-refractivity contribution >= 4 is 26.3 Å². The SMILES string of the molecule is COc1ccc(C[Se][Se]Cc2ccc(OC)cc2)cc1. The summed E-state index contributed by atoms with van der Waals surface area (Å²) < 4.78 is 10.3. The average Bonchev–Trinajstić information content (AvgIpc) is 2.53. The van der Waals surface area contributed by atoms with Crippen LogP contribution in [-0.2, 0) is 10.6 Å². The normalized spacial score (nSPS) is 10.3. The zero-order chi connectivity index (χ0) is 14.2. The topological polar surface area (TPSA) is 18.5 Å². The fraction of sp³-hybridized carbons (Fsp3) is 0.250. The summed E-state index contributed by atoms with van der Waals surface area (Å²) in [6.45, 7) is 0. The second kappa shape index (κ2) is 8.38. The molecule has 0 N–H and O–H groups in total. The molecular weight excluding hydrogens is 382 g/mol. The number of rotatable bonds is 7. The predicted octanol–water partition coefficient (Wildman–Crippen LogP) is 2.73. The monoisotopic (exact) mass is 402 g/mol. The van der Waals surface area contributed by atoms with Crippen molar-refractivity contribution < 1.29 is 9.47 Å². The molecule has 2 rings (SSSR count). The van der Waals surface area contributed by atoms with Gasteiger partial charge in [-0.05, 0) is 0 Å². The molecule has 0 radical (unpaired) electrons. The Bertz CT molecular complexity index is 460. The second-order valence-corrected chi connectivity index (χ2v) is 11.6. The van der Waals surface area contributed by atoms with E-state index in [1.54, 1.807) is 14.2 Å². The van der Waals surface area contributed by atoms with Crippen molar-refractivity contribution in [2.24, 2.45) is 0 Å². The maximum atomic E-state index is 5.17. The van der Waals surface area contributed by atoms with Crippen LogP contribution in [0.4, 0.5) is 0 Å². The molecule has 0 saturated heterocycles. The Kier molecular flexibility index (Phi) is 6.48. The number of benzene rings is 2. The third-order valence-electron chi connectivity index (χ3n) is 2.85. The van der Waals surface area contributed by atoms with E-state index in [1.807, 2.05) is 24.3 Å². The predicted molar refractivity (Wildman–Crippen MR) is 84.9 cm³/mol. The van der Waals surface area contributed by atoms with Crippen LogP contribution in [0.2, 0.25) is 0 Å². The molecule has 0 aliphatic heterocycles. The molecule has 0 atom stereocenters. The minimum atomic E-state index is 0.710. The summed E-state index contributed by atoms with van der Waals surface area (Å²) in [5.41, 5.74) is 2.84. The number of methoxy groups -OCH3 is 2. The van der Waals surface area contributed by atoms with Crippen LogP contribution in [0.5, 0.6) is 11.5 Å². The summed E-state index contributed by atoms with van der Waals surface area (Å²) in [5.74, 6) is 1.87. The zero-order valence-electron chi connectivity index (χ0n) is 11.7. The van der Waals surface area contributed by atoms with E-state index >= 15 is 0 Å². The van der Waals surface area contributed by atoms with Crippen LogP contribution in [0.25, 0.3) is 0 Å². The van der Waals surface area contributed by atoms with Gasteiger partial charge in [-0.2, -0.15) is 0 Å². The van der Waals surface area contributed by atoms with Crippen molar-refractivity contribution in [1.82, 2.24) is 0 Å². The molecule has 0 saturated carbocycles. The van der Waals surface area contributed by atoms with Crippen molar-refractivity contribution in [3.8, 4) is 11.5 Å². The first-order valence-electron chi connectivity index (χ1n) is 6.32. The molecule has 0 bridgehead atoms. The van der Waals surface area contributed by atoms with Gasteiger partial charge in [-0.15, -0.1) is 0 Å². The molecule has 0 heterocycles. The summed E-state index contributed by atoms with van der Waals surface area (Å²) in [6, 6.07) is 16.9. The van der Waals surface area contributed by atoms with Crippen molar-refractivity contribution in [1.29, 1.82) is 0 Å². The second-order valence-electron chi connectivity index (χ2n) is 4.22. The molecule has 0 spiro atoms. The average molecular weight is 400 g/mol. The number of ether oxygens (including phenoxy) is 2. The van der Waals surface area contributed by atoms with E-state index in [-0.39, 0.29) is 0 Å². The molecule has 20 heavy (non-hydrogen) atoms. The van der Waals surface area contributed by atoms with Gasteiger partial charge in [0.15, 0.2) is 0 Å². The molecule has 2 aromatic rings. The molecule has 2 aromatic carbocycles. The number of hydrogen-bond acceptors (Lipinski definition) is 2. The third-order valence-corrected chi connectivity index (χ3v) is 9.48. The minimum absolute atomic E-state index is 0.710. The van der Waals surface area contributed by atoms with Crippen molar-refractivity contribution in [2.75, 3.05) is 14.2 Å². The van der Waals surface area contributed by atoms with Crippen LogP contribution in [0.15, 0.2) is 48.5 Å². The van der Waals surface area contributed by atoms with Crippen LogP contribution in [-0.4, -0.2) is 40.5 Å². The van der Waals surface area contributed by atoms with Crippen LogP contribution in [0.3, 0.4) is 0 Å². The number of hydrogen-bond donors (Lipinski definition) is 0. The molecule has 0 aromatic heterocycles. The molecule has 0 amide bonds. The first-order chi connectivity index (χ1) is 9.81. The molecule has 106 valence electrons. The first-order valence-corrected chi connectivity index (χ1v) is 13.1. The summed E-state index contributed by atoms with van der Waals surface area (Å²) in [6.07, 6.45) is 0. The van der Waals surface area contributed by atoms with E-state index in [2.05, 4.69) is 24.3 Å². The van der Waals surface area contributed by atoms with Gasteiger partial charge in [0.05, 0.1) is 0 Å². The van der Waals surface area contributed by atoms with Crippen molar-refractivity contribution in [2.45, 2.75) is 10.6 Å². The Hall–Kier alpha value is -0.921. The first kappa shape index (κ1) is 15.5. The van der Waals surface area contributed by atoms with E-state index in [4.69, 9.17) is 9.47 Å². The van der Waals surface area contributed by atoms with Gasteiger partial charge in [0.2, 0.25) is 0 Å². The van der Waals surface area contributed by atoms with Crippen LogP contribution >= 0.6 is 0 Å². The molecule has 0 aliphatic rings. The van der Waals surface area contributed by atoms with Gasteiger partial charge < -0.3 is 0 Å². The Morgan fingerprint density at radius 3 is 1.30 bits per heavy atom. The third kappa shape index (κ3) is 4.88. The van der Waals surface area contributed by atoms with E-state index in [0.717, 1.165) is 11.5 Å². The molecule has 2 nitrogen and oxygen atoms in total. The Morgan fingerprint density at radius 1 is 0.650 bits per heavy atom. The fourth-order valence-corrected chi connectivity index (χ4v) is 8.18. The fourth-order valence-electron chi connectivity index (χ4n) is 1.66. The quantitative estimate of drug-likeness (QED) is 0.526. The van der Waals surface area contributed by atoms with Crippen LogP contribution < -0.4 is 9.47 Å². The van der Waals surface area contributed by atoms with Gasteiger partial charge in [-0.25, -0.2) is 0 Å². The molecule has 0 fully saturated rings. The summed E-state index contributed by atoms with van der Waals surface area (Å²) in [4.78, 5) is 0. The standard InChI is InChI=1S/C16H18O2Se2/c1-17-15-7-3-13(4-8-15)11-19-20-12-14-5-9-16(18-2)10-6-14/h3-10H,11-12H2,1-2H3. The summed E-state index contributed by atoms with van der Waals surface area (Å²) >= 11 is 1.42.